The molecule has 2 rings (SSSR count). The Bertz CT molecular complexity index is 808. The fraction of sp³-hybridized carbons (Fsp3) is 0.400. The number of rotatable bonds is 5. The summed E-state index contributed by atoms with van der Waals surface area (Å²) in [4.78, 5) is 27.3. The molecule has 1 unspecified atom stereocenters. The molecule has 0 saturated carbocycles. The Hall–Kier alpha value is -1.99. The molecule has 1 heterocycles. The molecule has 0 aliphatic heterocycles. The van der Waals surface area contributed by atoms with Gasteiger partial charge < -0.3 is 15.4 Å². The number of carbonyl (C=O) groups is 1. The van der Waals surface area contributed by atoms with Gasteiger partial charge in [-0.15, -0.1) is 0 Å². The van der Waals surface area contributed by atoms with Crippen molar-refractivity contribution in [1.29, 1.82) is 0 Å². The van der Waals surface area contributed by atoms with Gasteiger partial charge in [0.2, 0.25) is 0 Å². The summed E-state index contributed by atoms with van der Waals surface area (Å²) in [6.07, 6.45) is 0.0312. The summed E-state index contributed by atoms with van der Waals surface area (Å²) >= 11 is 5.15. The Morgan fingerprint density at radius 2 is 2.23 bits per heavy atom. The molecule has 0 aliphatic carbocycles. The van der Waals surface area contributed by atoms with Crippen molar-refractivity contribution < 1.29 is 9.90 Å². The van der Waals surface area contributed by atoms with Crippen molar-refractivity contribution in [3.8, 4) is 0 Å². The van der Waals surface area contributed by atoms with Crippen molar-refractivity contribution in [2.24, 2.45) is 0 Å². The number of aromatic amines is 1. The molecular formula is C15H19N3O3S. The molecule has 0 saturated heterocycles. The van der Waals surface area contributed by atoms with E-state index < -0.39 is 6.10 Å². The average molecular weight is 321 g/mol. The lowest BCUT2D eigenvalue weighted by molar-refractivity contribution is 0.0945. The van der Waals surface area contributed by atoms with Crippen molar-refractivity contribution in [3.63, 3.8) is 0 Å². The number of nitrogens with one attached hydrogen (secondary N) is 2. The average Bonchev–Trinajstić information content (AvgIpc) is 2.46. The van der Waals surface area contributed by atoms with E-state index in [0.29, 0.717) is 40.7 Å². The van der Waals surface area contributed by atoms with Crippen LogP contribution in [-0.2, 0) is 6.54 Å². The van der Waals surface area contributed by atoms with Crippen LogP contribution in [0.25, 0.3) is 10.9 Å². The number of aliphatic hydroxyl groups is 1. The van der Waals surface area contributed by atoms with Crippen LogP contribution in [0.3, 0.4) is 0 Å². The topological polar surface area (TPSA) is 87.1 Å². The van der Waals surface area contributed by atoms with E-state index >= 15 is 0 Å². The summed E-state index contributed by atoms with van der Waals surface area (Å²) in [5, 5.41) is 12.4. The second kappa shape index (κ2) is 6.85. The van der Waals surface area contributed by atoms with E-state index in [1.54, 1.807) is 25.1 Å². The maximum atomic E-state index is 12.3. The van der Waals surface area contributed by atoms with Gasteiger partial charge in [0.15, 0.2) is 4.77 Å². The first-order chi connectivity index (χ1) is 10.4. The monoisotopic (exact) mass is 321 g/mol. The highest BCUT2D eigenvalue weighted by molar-refractivity contribution is 7.71. The van der Waals surface area contributed by atoms with Gasteiger partial charge in [-0.3, -0.25) is 14.2 Å². The minimum atomic E-state index is -0.458. The minimum absolute atomic E-state index is 0.165. The molecule has 118 valence electrons. The zero-order valence-corrected chi connectivity index (χ0v) is 13.4. The zero-order chi connectivity index (χ0) is 16.3. The van der Waals surface area contributed by atoms with Crippen LogP contribution >= 0.6 is 12.2 Å². The molecule has 0 spiro atoms. The largest absolute Gasteiger partial charge is 0.393 e. The van der Waals surface area contributed by atoms with Gasteiger partial charge in [0.25, 0.3) is 11.5 Å². The normalized spacial score (nSPS) is 12.3. The Kier molecular flexibility index (Phi) is 5.10. The summed E-state index contributed by atoms with van der Waals surface area (Å²) in [6, 6.07) is 4.85. The van der Waals surface area contributed by atoms with Gasteiger partial charge in [0.05, 0.1) is 17.0 Å². The maximum Gasteiger partial charge on any atom is 0.262 e. The van der Waals surface area contributed by atoms with Crippen LogP contribution < -0.4 is 10.9 Å². The fourth-order valence-corrected chi connectivity index (χ4v) is 2.50. The third-order valence-corrected chi connectivity index (χ3v) is 3.73. The molecule has 1 amide bonds. The number of aliphatic hydroxyl groups excluding tert-OH is 1. The van der Waals surface area contributed by atoms with Crippen LogP contribution in [0.1, 0.15) is 30.6 Å². The number of nitrogens with zero attached hydrogens (tertiary/aromatic N) is 1. The first-order valence-electron chi connectivity index (χ1n) is 7.17. The Labute approximate surface area is 132 Å². The van der Waals surface area contributed by atoms with Crippen LogP contribution in [0.4, 0.5) is 0 Å². The molecule has 0 fully saturated rings. The minimum Gasteiger partial charge on any atom is -0.393 e. The van der Waals surface area contributed by atoms with Gasteiger partial charge in [-0.05, 0) is 50.7 Å². The fourth-order valence-electron chi connectivity index (χ4n) is 2.18. The highest BCUT2D eigenvalue weighted by atomic mass is 32.1. The number of carbonyl (C=O) groups excluding carboxylic acids is 1. The number of hydrogen-bond acceptors (Lipinski definition) is 4. The Balaban J connectivity index is 2.33. The van der Waals surface area contributed by atoms with Gasteiger partial charge in [-0.25, -0.2) is 0 Å². The summed E-state index contributed by atoms with van der Waals surface area (Å²) in [6.45, 7) is 4.40. The maximum absolute atomic E-state index is 12.3. The number of benzene rings is 1. The summed E-state index contributed by atoms with van der Waals surface area (Å²) < 4.78 is 1.81. The molecule has 1 atom stereocenters. The van der Waals surface area contributed by atoms with Crippen LogP contribution in [0.15, 0.2) is 23.0 Å². The smallest absolute Gasteiger partial charge is 0.262 e. The van der Waals surface area contributed by atoms with Crippen molar-refractivity contribution in [2.75, 3.05) is 6.54 Å². The molecule has 22 heavy (non-hydrogen) atoms. The Morgan fingerprint density at radius 3 is 2.86 bits per heavy atom. The molecule has 3 N–H and O–H groups in total. The molecule has 2 aromatic rings. The van der Waals surface area contributed by atoms with Crippen molar-refractivity contribution in [1.82, 2.24) is 14.9 Å². The summed E-state index contributed by atoms with van der Waals surface area (Å²) in [5.74, 6) is -0.249. The van der Waals surface area contributed by atoms with Crippen LogP contribution in [0.2, 0.25) is 0 Å². The predicted octanol–water partition coefficient (Wildman–Crippen LogP) is 1.58. The van der Waals surface area contributed by atoms with E-state index in [0.717, 1.165) is 0 Å². The zero-order valence-electron chi connectivity index (χ0n) is 12.5. The molecule has 0 bridgehead atoms. The molecule has 0 radical (unpaired) electrons. The van der Waals surface area contributed by atoms with Gasteiger partial charge >= 0.3 is 0 Å². The van der Waals surface area contributed by atoms with Crippen molar-refractivity contribution in [3.05, 3.63) is 38.9 Å². The number of amides is 1. The van der Waals surface area contributed by atoms with Gasteiger partial charge in [0, 0.05) is 18.7 Å². The quantitative estimate of drug-likeness (QED) is 0.730. The van der Waals surface area contributed by atoms with E-state index in [-0.39, 0.29) is 11.5 Å². The van der Waals surface area contributed by atoms with Gasteiger partial charge in [-0.1, -0.05) is 0 Å². The van der Waals surface area contributed by atoms with E-state index in [1.807, 2.05) is 6.92 Å². The van der Waals surface area contributed by atoms with E-state index in [2.05, 4.69) is 10.3 Å². The van der Waals surface area contributed by atoms with E-state index in [4.69, 9.17) is 12.2 Å². The second-order valence-corrected chi connectivity index (χ2v) is 5.52. The predicted molar refractivity (Wildman–Crippen MR) is 87.7 cm³/mol. The third kappa shape index (κ3) is 3.42. The van der Waals surface area contributed by atoms with Gasteiger partial charge in [-0.2, -0.15) is 0 Å². The molecule has 1 aromatic heterocycles. The SMILES string of the molecule is CCn1c(=S)[nH]c2cc(C(=O)NCCC(C)O)ccc2c1=O. The van der Waals surface area contributed by atoms with Gasteiger partial charge in [0.1, 0.15) is 0 Å². The molecule has 1 aromatic carbocycles. The highest BCUT2D eigenvalue weighted by Crippen LogP contribution is 2.11. The third-order valence-electron chi connectivity index (χ3n) is 3.41. The molecular weight excluding hydrogens is 302 g/mol. The van der Waals surface area contributed by atoms with Crippen molar-refractivity contribution >= 4 is 29.0 Å². The molecule has 0 aliphatic rings. The summed E-state index contributed by atoms with van der Waals surface area (Å²) in [5.41, 5.74) is 0.822. The van der Waals surface area contributed by atoms with Crippen LogP contribution in [0.5, 0.6) is 0 Å². The lowest BCUT2D eigenvalue weighted by atomic mass is 10.1. The first-order valence-corrected chi connectivity index (χ1v) is 7.58. The molecule has 7 heteroatoms. The van der Waals surface area contributed by atoms with Crippen LogP contribution in [0, 0.1) is 4.77 Å². The van der Waals surface area contributed by atoms with E-state index in [1.165, 1.54) is 4.57 Å². The first kappa shape index (κ1) is 16.4. The second-order valence-electron chi connectivity index (χ2n) is 5.13. The molecule has 6 nitrogen and oxygen atoms in total. The number of hydrogen-bond donors (Lipinski definition) is 3. The lowest BCUT2D eigenvalue weighted by Gasteiger charge is -2.09. The number of aromatic nitrogens is 2. The Morgan fingerprint density at radius 1 is 1.50 bits per heavy atom. The number of H-pyrrole nitrogens is 1. The summed E-state index contributed by atoms with van der Waals surface area (Å²) in [7, 11) is 0. The van der Waals surface area contributed by atoms with Crippen molar-refractivity contribution in [2.45, 2.75) is 32.9 Å². The highest BCUT2D eigenvalue weighted by Gasteiger charge is 2.10. The van der Waals surface area contributed by atoms with E-state index in [9.17, 15) is 14.7 Å². The standard InChI is InChI=1S/C15H19N3O3S/c1-3-18-14(21)11-5-4-10(8-12(11)17-15(18)22)13(20)16-7-6-9(2)19/h4-5,8-9,19H,3,6-7H2,1-2H3,(H,16,20)(H,17,22). The number of fused-ring (bicyclic) bond motifs is 1. The lowest BCUT2D eigenvalue weighted by Crippen LogP contribution is -2.27. The van der Waals surface area contributed by atoms with Crippen LogP contribution in [-0.4, -0.2) is 33.2 Å².